The zero-order valence-electron chi connectivity index (χ0n) is 10.0. The molecule has 0 amide bonds. The summed E-state index contributed by atoms with van der Waals surface area (Å²) < 4.78 is 40.1. The minimum atomic E-state index is -4.69. The summed E-state index contributed by atoms with van der Waals surface area (Å²) in [6.45, 7) is 2.55. The van der Waals surface area contributed by atoms with Gasteiger partial charge in [-0.3, -0.25) is 4.55 Å². The van der Waals surface area contributed by atoms with Gasteiger partial charge in [-0.1, -0.05) is 0 Å². The first-order chi connectivity index (χ1) is 8.87. The maximum Gasteiger partial charge on any atom is 0.476 e. The van der Waals surface area contributed by atoms with Crippen LogP contribution < -0.4 is 25.4 Å². The maximum atomic E-state index is 10.7. The number of ether oxygens (including phenoxy) is 1. The first-order valence-electron chi connectivity index (χ1n) is 5.48. The molecule has 1 saturated heterocycles. The molecule has 1 aliphatic rings. The van der Waals surface area contributed by atoms with Crippen LogP contribution in [0.2, 0.25) is 0 Å². The number of hydrogen-bond acceptors (Lipinski definition) is 7. The summed E-state index contributed by atoms with van der Waals surface area (Å²) in [4.78, 5) is 1.99. The highest BCUT2D eigenvalue weighted by Crippen LogP contribution is 2.19. The fourth-order valence-corrected chi connectivity index (χ4v) is 2.16. The molecule has 1 fully saturated rings. The van der Waals surface area contributed by atoms with Gasteiger partial charge in [-0.05, 0) is 4.73 Å². The van der Waals surface area contributed by atoms with Crippen molar-refractivity contribution in [3.8, 4) is 0 Å². The first-order valence-corrected chi connectivity index (χ1v) is 6.84. The van der Waals surface area contributed by atoms with E-state index in [2.05, 4.69) is 4.28 Å². The molecule has 19 heavy (non-hydrogen) atoms. The highest BCUT2D eigenvalue weighted by atomic mass is 32.3. The van der Waals surface area contributed by atoms with Crippen LogP contribution in [0.25, 0.3) is 0 Å². The van der Waals surface area contributed by atoms with Gasteiger partial charge in [0.1, 0.15) is 0 Å². The Labute approximate surface area is 110 Å². The number of rotatable bonds is 3. The second-order valence-corrected chi connectivity index (χ2v) is 4.96. The molecular formula is C9H15N4O5S+. The Bertz CT molecular complexity index is 547. The lowest BCUT2D eigenvalue weighted by molar-refractivity contribution is -0.833. The highest BCUT2D eigenvalue weighted by Gasteiger charge is 2.21. The standard InChI is InChI=1S/C9H14N4O5S/c10-8-5-7(12-1-3-17-4-2-12)6-9(11)13(8)18-19(14,15)16/h5-6H,1-4H2,(H4,10,11,14,15,16)/p+1. The van der Waals surface area contributed by atoms with E-state index in [1.54, 1.807) is 0 Å². The smallest absolute Gasteiger partial charge is 0.378 e. The Morgan fingerprint density at radius 1 is 1.26 bits per heavy atom. The van der Waals surface area contributed by atoms with Gasteiger partial charge in [0.05, 0.1) is 18.9 Å². The first kappa shape index (κ1) is 13.6. The predicted octanol–water partition coefficient (Wildman–Crippen LogP) is -1.79. The van der Waals surface area contributed by atoms with Crippen molar-refractivity contribution < 1.29 is 26.7 Å². The zero-order valence-corrected chi connectivity index (χ0v) is 10.8. The summed E-state index contributed by atoms with van der Waals surface area (Å²) in [6, 6.07) is 3.01. The van der Waals surface area contributed by atoms with Crippen LogP contribution >= 0.6 is 0 Å². The Kier molecular flexibility index (Phi) is 3.64. The molecule has 0 aromatic carbocycles. The van der Waals surface area contributed by atoms with E-state index in [1.165, 1.54) is 12.1 Å². The molecule has 0 aliphatic carbocycles. The fraction of sp³-hybridized carbons (Fsp3) is 0.444. The van der Waals surface area contributed by atoms with Crippen molar-refractivity contribution in [3.05, 3.63) is 12.1 Å². The van der Waals surface area contributed by atoms with Gasteiger partial charge in [-0.25, -0.2) is 4.28 Å². The van der Waals surface area contributed by atoms with E-state index in [0.29, 0.717) is 31.0 Å². The molecule has 1 aliphatic heterocycles. The number of nitrogens with two attached hydrogens (primary N) is 2. The lowest BCUT2D eigenvalue weighted by Crippen LogP contribution is -2.50. The van der Waals surface area contributed by atoms with Crippen LogP contribution in [0.1, 0.15) is 0 Å². The number of nitrogens with zero attached hydrogens (tertiary/aromatic N) is 2. The van der Waals surface area contributed by atoms with Gasteiger partial charge in [-0.2, -0.15) is 8.42 Å². The molecule has 0 unspecified atom stereocenters. The van der Waals surface area contributed by atoms with Crippen molar-refractivity contribution >= 4 is 27.7 Å². The van der Waals surface area contributed by atoms with Crippen LogP contribution in [-0.2, 0) is 15.1 Å². The minimum absolute atomic E-state index is 0.0425. The van der Waals surface area contributed by atoms with Crippen molar-refractivity contribution in [2.45, 2.75) is 0 Å². The summed E-state index contributed by atoms with van der Waals surface area (Å²) in [6.07, 6.45) is 0. The molecule has 5 N–H and O–H groups in total. The molecule has 9 nitrogen and oxygen atoms in total. The number of nitrogen functional groups attached to an aromatic ring is 2. The summed E-state index contributed by atoms with van der Waals surface area (Å²) in [5.74, 6) is -0.0850. The Morgan fingerprint density at radius 3 is 2.26 bits per heavy atom. The molecule has 1 aromatic heterocycles. The molecule has 2 heterocycles. The van der Waals surface area contributed by atoms with Crippen LogP contribution in [0.5, 0.6) is 0 Å². The van der Waals surface area contributed by atoms with Crippen LogP contribution in [0.3, 0.4) is 0 Å². The lowest BCUT2D eigenvalue weighted by atomic mass is 10.3. The normalized spacial score (nSPS) is 16.4. The molecule has 1 aromatic rings. The predicted molar refractivity (Wildman–Crippen MR) is 66.6 cm³/mol. The second kappa shape index (κ2) is 5.07. The van der Waals surface area contributed by atoms with Crippen molar-refractivity contribution in [1.29, 1.82) is 0 Å². The molecule has 10 heteroatoms. The van der Waals surface area contributed by atoms with E-state index in [-0.39, 0.29) is 11.6 Å². The third-order valence-electron chi connectivity index (χ3n) is 2.61. The Hall–Kier alpha value is -1.78. The van der Waals surface area contributed by atoms with Crippen molar-refractivity contribution in [2.75, 3.05) is 42.7 Å². The zero-order chi connectivity index (χ0) is 14.0. The van der Waals surface area contributed by atoms with Crippen molar-refractivity contribution in [1.82, 2.24) is 0 Å². The number of pyridine rings is 1. The van der Waals surface area contributed by atoms with Gasteiger partial charge >= 0.3 is 10.4 Å². The third kappa shape index (κ3) is 3.36. The van der Waals surface area contributed by atoms with E-state index >= 15 is 0 Å². The summed E-state index contributed by atoms with van der Waals surface area (Å²) in [7, 11) is -4.69. The molecular weight excluding hydrogens is 276 g/mol. The summed E-state index contributed by atoms with van der Waals surface area (Å²) >= 11 is 0. The minimum Gasteiger partial charge on any atom is -0.378 e. The molecule has 0 bridgehead atoms. The maximum absolute atomic E-state index is 10.7. The van der Waals surface area contributed by atoms with Crippen LogP contribution in [-0.4, -0.2) is 39.3 Å². The number of hydrogen-bond donors (Lipinski definition) is 3. The fourth-order valence-electron chi connectivity index (χ4n) is 1.80. The quantitative estimate of drug-likeness (QED) is 0.439. The summed E-state index contributed by atoms with van der Waals surface area (Å²) in [5, 5.41) is 0. The van der Waals surface area contributed by atoms with Gasteiger partial charge in [0, 0.05) is 25.2 Å². The average Bonchev–Trinajstić information content (AvgIpc) is 2.33. The van der Waals surface area contributed by atoms with Crippen LogP contribution in [0, 0.1) is 0 Å². The third-order valence-corrected chi connectivity index (χ3v) is 2.94. The van der Waals surface area contributed by atoms with Gasteiger partial charge < -0.3 is 21.1 Å². The topological polar surface area (TPSA) is 132 Å². The number of aromatic nitrogens is 1. The Morgan fingerprint density at radius 2 is 1.79 bits per heavy atom. The van der Waals surface area contributed by atoms with E-state index in [1.807, 2.05) is 4.90 Å². The molecule has 0 atom stereocenters. The van der Waals surface area contributed by atoms with E-state index in [9.17, 15) is 8.42 Å². The number of anilines is 3. The number of morpholine rings is 1. The molecule has 0 saturated carbocycles. The van der Waals surface area contributed by atoms with Crippen molar-refractivity contribution in [2.24, 2.45) is 0 Å². The molecule has 2 rings (SSSR count). The average molecular weight is 291 g/mol. The Balaban J connectivity index is 2.30. The van der Waals surface area contributed by atoms with Crippen LogP contribution in [0.15, 0.2) is 12.1 Å². The van der Waals surface area contributed by atoms with E-state index < -0.39 is 10.4 Å². The van der Waals surface area contributed by atoms with Gasteiger partial charge in [0.2, 0.25) is 0 Å². The molecule has 106 valence electrons. The molecule has 0 spiro atoms. The molecule has 0 radical (unpaired) electrons. The van der Waals surface area contributed by atoms with E-state index in [4.69, 9.17) is 20.8 Å². The monoisotopic (exact) mass is 291 g/mol. The van der Waals surface area contributed by atoms with Gasteiger partial charge in [0.15, 0.2) is 0 Å². The largest absolute Gasteiger partial charge is 0.476 e. The highest BCUT2D eigenvalue weighted by molar-refractivity contribution is 7.80. The SMILES string of the molecule is Nc1cc(N2CCOCC2)cc(N)[n+]1OS(=O)(=O)O. The second-order valence-electron chi connectivity index (χ2n) is 3.96. The lowest BCUT2D eigenvalue weighted by Gasteiger charge is -2.28. The van der Waals surface area contributed by atoms with Crippen molar-refractivity contribution in [3.63, 3.8) is 0 Å². The van der Waals surface area contributed by atoms with Gasteiger partial charge in [-0.15, -0.1) is 0 Å². The summed E-state index contributed by atoms with van der Waals surface area (Å²) in [5.41, 5.74) is 12.1. The van der Waals surface area contributed by atoms with Gasteiger partial charge in [0.25, 0.3) is 11.6 Å². The van der Waals surface area contributed by atoms with Crippen LogP contribution in [0.4, 0.5) is 17.3 Å². The van der Waals surface area contributed by atoms with E-state index in [0.717, 1.165) is 5.69 Å².